The molecule has 0 spiro atoms. The summed E-state index contributed by atoms with van der Waals surface area (Å²) < 4.78 is 0. The Morgan fingerprint density at radius 1 is 1.14 bits per heavy atom. The number of likely N-dealkylation sites (N-methyl/N-ethyl adjacent to an activating group) is 1. The summed E-state index contributed by atoms with van der Waals surface area (Å²) in [6, 6.07) is 16.2. The van der Waals surface area contributed by atoms with Crippen LogP contribution in [0.1, 0.15) is 23.1 Å². The molecule has 2 aromatic rings. The standard InChI is InChI=1S/C23H27N3O2S/c1-25-9-2-10-26(12-11-25)16-18-5-8-21(20(13-18)15-24)19-6-3-17(4-7-19)14-22(29)23(27)28/h3-8,13,22,29H,2,9-12,14,16H2,1H3,(H,27,28). The van der Waals surface area contributed by atoms with Gasteiger partial charge < -0.3 is 10.0 Å². The van der Waals surface area contributed by atoms with Gasteiger partial charge in [0.2, 0.25) is 0 Å². The van der Waals surface area contributed by atoms with Crippen LogP contribution in [-0.4, -0.2) is 59.4 Å². The van der Waals surface area contributed by atoms with Gasteiger partial charge in [0.05, 0.1) is 11.6 Å². The van der Waals surface area contributed by atoms with Crippen molar-refractivity contribution < 1.29 is 9.90 Å². The predicted molar refractivity (Wildman–Crippen MR) is 118 cm³/mol. The Balaban J connectivity index is 1.73. The van der Waals surface area contributed by atoms with Crippen LogP contribution in [0.5, 0.6) is 0 Å². The third kappa shape index (κ3) is 5.83. The van der Waals surface area contributed by atoms with Crippen LogP contribution in [0.15, 0.2) is 42.5 Å². The molecule has 1 heterocycles. The molecule has 1 atom stereocenters. The lowest BCUT2D eigenvalue weighted by molar-refractivity contribution is -0.136. The first-order valence-corrected chi connectivity index (χ1v) is 10.4. The van der Waals surface area contributed by atoms with E-state index in [9.17, 15) is 10.1 Å². The van der Waals surface area contributed by atoms with E-state index < -0.39 is 11.2 Å². The average molecular weight is 410 g/mol. The van der Waals surface area contributed by atoms with Gasteiger partial charge in [0.1, 0.15) is 5.25 Å². The van der Waals surface area contributed by atoms with Crippen LogP contribution < -0.4 is 0 Å². The molecule has 152 valence electrons. The van der Waals surface area contributed by atoms with Crippen LogP contribution in [0.25, 0.3) is 11.1 Å². The third-order valence-electron chi connectivity index (χ3n) is 5.40. The van der Waals surface area contributed by atoms with E-state index in [1.807, 2.05) is 36.4 Å². The molecule has 0 aliphatic carbocycles. The van der Waals surface area contributed by atoms with E-state index in [2.05, 4.69) is 41.6 Å². The number of benzene rings is 2. The SMILES string of the molecule is CN1CCCN(Cc2ccc(-c3ccc(CC(S)C(=O)O)cc3)c(C#N)c2)CC1. The molecule has 0 bridgehead atoms. The van der Waals surface area contributed by atoms with Gasteiger partial charge in [-0.2, -0.15) is 17.9 Å². The van der Waals surface area contributed by atoms with Gasteiger partial charge in [0.15, 0.2) is 0 Å². The monoisotopic (exact) mass is 409 g/mol. The van der Waals surface area contributed by atoms with Crippen LogP contribution in [0.3, 0.4) is 0 Å². The van der Waals surface area contributed by atoms with Crippen LogP contribution in [-0.2, 0) is 17.8 Å². The number of carboxylic acids is 1. The van der Waals surface area contributed by atoms with E-state index in [-0.39, 0.29) is 0 Å². The van der Waals surface area contributed by atoms with Crippen molar-refractivity contribution in [2.75, 3.05) is 33.2 Å². The summed E-state index contributed by atoms with van der Waals surface area (Å²) in [5.74, 6) is -0.921. The third-order valence-corrected chi connectivity index (χ3v) is 5.81. The summed E-state index contributed by atoms with van der Waals surface area (Å²) in [5, 5.41) is 18.0. The maximum Gasteiger partial charge on any atom is 0.316 e. The number of nitrogens with zero attached hydrogens (tertiary/aromatic N) is 3. The lowest BCUT2D eigenvalue weighted by Gasteiger charge is -2.20. The number of carbonyl (C=O) groups is 1. The van der Waals surface area contributed by atoms with Crippen molar-refractivity contribution in [2.24, 2.45) is 0 Å². The second-order valence-corrected chi connectivity index (χ2v) is 8.30. The van der Waals surface area contributed by atoms with Gasteiger partial charge in [-0.25, -0.2) is 0 Å². The molecule has 0 aromatic heterocycles. The number of aliphatic carboxylic acids is 1. The highest BCUT2D eigenvalue weighted by Gasteiger charge is 2.15. The van der Waals surface area contributed by atoms with E-state index in [1.165, 1.54) is 6.42 Å². The summed E-state index contributed by atoms with van der Waals surface area (Å²) >= 11 is 4.09. The number of thiol groups is 1. The van der Waals surface area contributed by atoms with Gasteiger partial charge in [-0.05, 0) is 61.3 Å². The van der Waals surface area contributed by atoms with Gasteiger partial charge in [-0.15, -0.1) is 0 Å². The quantitative estimate of drug-likeness (QED) is 0.717. The van der Waals surface area contributed by atoms with Crippen molar-refractivity contribution in [3.8, 4) is 17.2 Å². The first-order valence-electron chi connectivity index (χ1n) is 9.90. The average Bonchev–Trinajstić information content (AvgIpc) is 2.92. The summed E-state index contributed by atoms with van der Waals surface area (Å²) in [7, 11) is 2.16. The molecular weight excluding hydrogens is 382 g/mol. The van der Waals surface area contributed by atoms with E-state index in [1.54, 1.807) is 0 Å². The molecule has 5 nitrogen and oxygen atoms in total. The topological polar surface area (TPSA) is 67.6 Å². The highest BCUT2D eigenvalue weighted by molar-refractivity contribution is 7.81. The van der Waals surface area contributed by atoms with Gasteiger partial charge in [0.25, 0.3) is 0 Å². The van der Waals surface area contributed by atoms with Crippen molar-refractivity contribution in [3.05, 3.63) is 59.2 Å². The second-order valence-electron chi connectivity index (χ2n) is 7.68. The van der Waals surface area contributed by atoms with E-state index in [0.717, 1.165) is 55.0 Å². The Bertz CT molecular complexity index is 892. The summed E-state index contributed by atoms with van der Waals surface area (Å²) in [5.41, 5.74) is 4.60. The molecule has 3 rings (SSSR count). The highest BCUT2D eigenvalue weighted by atomic mass is 32.1. The maximum atomic E-state index is 11.0. The van der Waals surface area contributed by atoms with Crippen LogP contribution in [0.2, 0.25) is 0 Å². The van der Waals surface area contributed by atoms with Crippen molar-refractivity contribution in [1.82, 2.24) is 9.80 Å². The minimum absolute atomic E-state index is 0.369. The molecule has 0 saturated carbocycles. The Kier molecular flexibility index (Phi) is 7.32. The summed E-state index contributed by atoms with van der Waals surface area (Å²) in [6.45, 7) is 5.20. The fraction of sp³-hybridized carbons (Fsp3) is 0.391. The largest absolute Gasteiger partial charge is 0.480 e. The molecule has 0 radical (unpaired) electrons. The van der Waals surface area contributed by atoms with E-state index >= 15 is 0 Å². The molecule has 1 aliphatic rings. The fourth-order valence-electron chi connectivity index (χ4n) is 3.68. The van der Waals surface area contributed by atoms with Crippen molar-refractivity contribution >= 4 is 18.6 Å². The first kappa shape index (κ1) is 21.4. The highest BCUT2D eigenvalue weighted by Crippen LogP contribution is 2.26. The van der Waals surface area contributed by atoms with E-state index in [0.29, 0.717) is 12.0 Å². The Hall–Kier alpha value is -2.33. The lowest BCUT2D eigenvalue weighted by Crippen LogP contribution is -2.28. The Morgan fingerprint density at radius 3 is 2.55 bits per heavy atom. The Morgan fingerprint density at radius 2 is 1.86 bits per heavy atom. The molecule has 1 N–H and O–H groups in total. The lowest BCUT2D eigenvalue weighted by atomic mass is 9.96. The number of hydrogen-bond donors (Lipinski definition) is 2. The normalized spacial score (nSPS) is 16.7. The van der Waals surface area contributed by atoms with Gasteiger partial charge in [-0.1, -0.05) is 36.4 Å². The molecule has 6 heteroatoms. The number of nitriles is 1. The molecular formula is C23H27N3O2S. The molecule has 1 fully saturated rings. The fourth-order valence-corrected chi connectivity index (χ4v) is 3.89. The molecule has 2 aromatic carbocycles. The van der Waals surface area contributed by atoms with Crippen molar-refractivity contribution in [3.63, 3.8) is 0 Å². The van der Waals surface area contributed by atoms with Crippen molar-refractivity contribution in [2.45, 2.75) is 24.6 Å². The molecule has 1 saturated heterocycles. The zero-order valence-corrected chi connectivity index (χ0v) is 17.6. The molecule has 1 unspecified atom stereocenters. The number of hydrogen-bond acceptors (Lipinski definition) is 5. The van der Waals surface area contributed by atoms with Crippen molar-refractivity contribution in [1.29, 1.82) is 5.26 Å². The minimum Gasteiger partial charge on any atom is -0.480 e. The molecule has 1 aliphatic heterocycles. The number of rotatable bonds is 6. The summed E-state index contributed by atoms with van der Waals surface area (Å²) in [4.78, 5) is 15.8. The van der Waals surface area contributed by atoms with Crippen LogP contribution in [0.4, 0.5) is 0 Å². The summed E-state index contributed by atoms with van der Waals surface area (Å²) in [6.07, 6.45) is 1.54. The smallest absolute Gasteiger partial charge is 0.316 e. The van der Waals surface area contributed by atoms with Crippen LogP contribution in [0, 0.1) is 11.3 Å². The van der Waals surface area contributed by atoms with Gasteiger partial charge >= 0.3 is 5.97 Å². The van der Waals surface area contributed by atoms with Gasteiger partial charge in [0, 0.05) is 19.6 Å². The van der Waals surface area contributed by atoms with Gasteiger partial charge in [-0.3, -0.25) is 9.69 Å². The maximum absolute atomic E-state index is 11.0. The first-order chi connectivity index (χ1) is 14.0. The zero-order chi connectivity index (χ0) is 20.8. The zero-order valence-electron chi connectivity index (χ0n) is 16.7. The van der Waals surface area contributed by atoms with E-state index in [4.69, 9.17) is 5.11 Å². The number of carboxylic acid groups (broad SMARTS) is 1. The Labute approximate surface area is 178 Å². The second kappa shape index (κ2) is 9.93. The predicted octanol–water partition coefficient (Wildman–Crippen LogP) is 3.29. The molecule has 0 amide bonds. The molecule has 29 heavy (non-hydrogen) atoms. The van der Waals surface area contributed by atoms with Crippen LogP contribution >= 0.6 is 12.6 Å². The minimum atomic E-state index is -0.921.